The fourth-order valence-corrected chi connectivity index (χ4v) is 1.94. The van der Waals surface area contributed by atoms with Crippen LogP contribution in [-0.2, 0) is 0 Å². The molecule has 0 saturated heterocycles. The Morgan fingerprint density at radius 2 is 2.05 bits per heavy atom. The van der Waals surface area contributed by atoms with E-state index in [2.05, 4.69) is 31.5 Å². The Balaban J connectivity index is 2.47. The third-order valence-corrected chi connectivity index (χ3v) is 3.23. The minimum absolute atomic E-state index is 0.0219. The van der Waals surface area contributed by atoms with Crippen LogP contribution in [-0.4, -0.2) is 12.5 Å². The van der Waals surface area contributed by atoms with Crippen LogP contribution in [0.25, 0.3) is 0 Å². The quantitative estimate of drug-likeness (QED) is 0.736. The third-order valence-electron chi connectivity index (χ3n) is 3.23. The molecule has 19 heavy (non-hydrogen) atoms. The highest BCUT2D eigenvalue weighted by Gasteiger charge is 2.10. The summed E-state index contributed by atoms with van der Waals surface area (Å²) in [5.41, 5.74) is 4.92. The van der Waals surface area contributed by atoms with Crippen LogP contribution in [0, 0.1) is 5.92 Å². The lowest BCUT2D eigenvalue weighted by Crippen LogP contribution is -2.28. The molecule has 1 N–H and O–H groups in total. The zero-order valence-corrected chi connectivity index (χ0v) is 11.9. The van der Waals surface area contributed by atoms with Gasteiger partial charge in [0.2, 0.25) is 0 Å². The van der Waals surface area contributed by atoms with Gasteiger partial charge in [0, 0.05) is 18.0 Å². The number of hydrogen-bond donors (Lipinski definition) is 1. The Kier molecular flexibility index (Phi) is 6.70. The van der Waals surface area contributed by atoms with E-state index in [0.29, 0.717) is 12.1 Å². The summed E-state index contributed by atoms with van der Waals surface area (Å²) in [6, 6.07) is 9.29. The maximum Gasteiger partial charge on any atom is 0.251 e. The molecule has 1 atom stereocenters. The minimum Gasteiger partial charge on any atom is -0.351 e. The van der Waals surface area contributed by atoms with Gasteiger partial charge in [-0.15, -0.1) is 5.73 Å². The number of carbonyl (C=O) groups excluding carboxylic acids is 1. The molecule has 0 aromatic heterocycles. The maximum absolute atomic E-state index is 11.9. The lowest BCUT2D eigenvalue weighted by molar-refractivity contribution is 0.0950. The summed E-state index contributed by atoms with van der Waals surface area (Å²) in [5, 5.41) is 2.96. The molecule has 1 aromatic rings. The van der Waals surface area contributed by atoms with E-state index in [-0.39, 0.29) is 11.8 Å². The molecule has 0 heterocycles. The lowest BCUT2D eigenvalue weighted by atomic mass is 9.97. The van der Waals surface area contributed by atoms with Crippen molar-refractivity contribution in [2.24, 2.45) is 5.92 Å². The second kappa shape index (κ2) is 8.34. The lowest BCUT2D eigenvalue weighted by Gasteiger charge is -2.15. The van der Waals surface area contributed by atoms with Crippen molar-refractivity contribution in [1.29, 1.82) is 0 Å². The number of rotatable bonds is 7. The van der Waals surface area contributed by atoms with Crippen molar-refractivity contribution in [3.05, 3.63) is 53.8 Å². The van der Waals surface area contributed by atoms with Gasteiger partial charge in [-0.05, 0) is 30.5 Å². The summed E-state index contributed by atoms with van der Waals surface area (Å²) >= 11 is 0. The Morgan fingerprint density at radius 3 is 2.63 bits per heavy atom. The third kappa shape index (κ3) is 5.15. The number of carbonyl (C=O) groups is 1. The van der Waals surface area contributed by atoms with Crippen molar-refractivity contribution in [1.82, 2.24) is 5.32 Å². The van der Waals surface area contributed by atoms with Crippen molar-refractivity contribution in [2.75, 3.05) is 6.54 Å². The average molecular weight is 257 g/mol. The van der Waals surface area contributed by atoms with E-state index in [0.717, 1.165) is 19.3 Å². The Morgan fingerprint density at radius 1 is 1.37 bits per heavy atom. The van der Waals surface area contributed by atoms with Crippen LogP contribution in [0.4, 0.5) is 0 Å². The summed E-state index contributed by atoms with van der Waals surface area (Å²) in [7, 11) is 0. The Labute approximate surface area is 116 Å². The number of unbranched alkanes of at least 4 members (excludes halogenated alkanes) is 1. The maximum atomic E-state index is 11.9. The molecule has 1 amide bonds. The van der Waals surface area contributed by atoms with Gasteiger partial charge in [0.15, 0.2) is 0 Å². The molecule has 2 nitrogen and oxygen atoms in total. The molecular weight excluding hydrogens is 234 g/mol. The molecule has 0 aliphatic heterocycles. The molecule has 102 valence electrons. The molecule has 0 radical (unpaired) electrons. The van der Waals surface area contributed by atoms with Gasteiger partial charge in [-0.25, -0.2) is 0 Å². The summed E-state index contributed by atoms with van der Waals surface area (Å²) in [5.74, 6) is 0.267. The molecular formula is C17H23NO. The summed E-state index contributed by atoms with van der Waals surface area (Å²) in [6.07, 6.45) is 3.32. The zero-order valence-electron chi connectivity index (χ0n) is 11.9. The number of nitrogens with one attached hydrogen (secondary N) is 1. The van der Waals surface area contributed by atoms with Gasteiger partial charge in [0.25, 0.3) is 5.91 Å². The summed E-state index contributed by atoms with van der Waals surface area (Å²) in [6.45, 7) is 8.65. The van der Waals surface area contributed by atoms with E-state index in [1.165, 1.54) is 5.57 Å². The van der Waals surface area contributed by atoms with Crippen LogP contribution in [0.5, 0.6) is 0 Å². The highest BCUT2D eigenvalue weighted by molar-refractivity contribution is 5.94. The second-order valence-corrected chi connectivity index (χ2v) is 4.78. The van der Waals surface area contributed by atoms with E-state index in [1.807, 2.05) is 30.3 Å². The average Bonchev–Trinajstić information content (AvgIpc) is 2.46. The first-order chi connectivity index (χ1) is 9.19. The molecule has 1 aromatic carbocycles. The molecule has 0 bridgehead atoms. The first kappa shape index (κ1) is 15.3. The van der Waals surface area contributed by atoms with Gasteiger partial charge in [-0.3, -0.25) is 4.79 Å². The fraction of sp³-hybridized carbons (Fsp3) is 0.412. The van der Waals surface area contributed by atoms with Crippen molar-refractivity contribution in [3.8, 4) is 0 Å². The minimum atomic E-state index is -0.0219. The van der Waals surface area contributed by atoms with Crippen molar-refractivity contribution in [3.63, 3.8) is 0 Å². The molecule has 0 fully saturated rings. The first-order valence-corrected chi connectivity index (χ1v) is 6.91. The largest absolute Gasteiger partial charge is 0.351 e. The van der Waals surface area contributed by atoms with Gasteiger partial charge in [-0.1, -0.05) is 45.0 Å². The van der Waals surface area contributed by atoms with Crippen LogP contribution < -0.4 is 5.32 Å². The van der Waals surface area contributed by atoms with Crippen LogP contribution in [0.1, 0.15) is 43.5 Å². The van der Waals surface area contributed by atoms with Gasteiger partial charge in [0.05, 0.1) is 0 Å². The van der Waals surface area contributed by atoms with Crippen molar-refractivity contribution >= 4 is 5.91 Å². The number of hydrogen-bond acceptors (Lipinski definition) is 1. The topological polar surface area (TPSA) is 29.1 Å². The molecule has 2 heteroatoms. The summed E-state index contributed by atoms with van der Waals surface area (Å²) in [4.78, 5) is 11.9. The second-order valence-electron chi connectivity index (χ2n) is 4.78. The van der Waals surface area contributed by atoms with Gasteiger partial charge >= 0.3 is 0 Å². The van der Waals surface area contributed by atoms with Crippen molar-refractivity contribution in [2.45, 2.75) is 33.1 Å². The number of benzene rings is 1. The highest BCUT2D eigenvalue weighted by Crippen LogP contribution is 2.15. The molecule has 0 aliphatic rings. The predicted octanol–water partition coefficient (Wildman–Crippen LogP) is 3.95. The van der Waals surface area contributed by atoms with Gasteiger partial charge in [0.1, 0.15) is 0 Å². The van der Waals surface area contributed by atoms with Crippen LogP contribution in [0.15, 0.2) is 48.2 Å². The van der Waals surface area contributed by atoms with Crippen molar-refractivity contribution < 1.29 is 4.79 Å². The Bertz CT molecular complexity index is 444. The molecule has 0 saturated carbocycles. The highest BCUT2D eigenvalue weighted by atomic mass is 16.1. The fourth-order valence-electron chi connectivity index (χ4n) is 1.94. The van der Waals surface area contributed by atoms with Crippen LogP contribution in [0.2, 0.25) is 0 Å². The molecule has 1 rings (SSSR count). The molecule has 0 spiro atoms. The Hall–Kier alpha value is -1.79. The standard InChI is InChI=1S/C17H23NO/c1-4-6-10-15(5-2)14(3)13-18-17(19)16-11-8-7-9-12-16/h7-9,11-12,14H,2,4,6,10,13H2,1,3H3,(H,18,19). The van der Waals surface area contributed by atoms with Crippen LogP contribution in [0.3, 0.4) is 0 Å². The predicted molar refractivity (Wildman–Crippen MR) is 80.1 cm³/mol. The van der Waals surface area contributed by atoms with Gasteiger partial charge < -0.3 is 5.32 Å². The van der Waals surface area contributed by atoms with E-state index >= 15 is 0 Å². The van der Waals surface area contributed by atoms with E-state index in [9.17, 15) is 4.79 Å². The SMILES string of the molecule is C=C=C(CCCC)C(C)CNC(=O)c1ccccc1. The molecule has 1 unspecified atom stereocenters. The van der Waals surface area contributed by atoms with Crippen LogP contribution >= 0.6 is 0 Å². The zero-order chi connectivity index (χ0) is 14.1. The monoisotopic (exact) mass is 257 g/mol. The molecule has 0 aliphatic carbocycles. The summed E-state index contributed by atoms with van der Waals surface area (Å²) < 4.78 is 0. The van der Waals surface area contributed by atoms with Gasteiger partial charge in [-0.2, -0.15) is 0 Å². The number of amides is 1. The van der Waals surface area contributed by atoms with E-state index in [4.69, 9.17) is 0 Å². The normalized spacial score (nSPS) is 11.5. The van der Waals surface area contributed by atoms with E-state index < -0.39 is 0 Å². The smallest absolute Gasteiger partial charge is 0.251 e. The van der Waals surface area contributed by atoms with E-state index in [1.54, 1.807) is 0 Å². The first-order valence-electron chi connectivity index (χ1n) is 6.91.